The number of nitrogens with one attached hydrogen (secondary N) is 1. The van der Waals surface area contributed by atoms with Crippen LogP contribution in [0.5, 0.6) is 0 Å². The second-order valence-corrected chi connectivity index (χ2v) is 11.2. The minimum atomic E-state index is -3.80. The van der Waals surface area contributed by atoms with Crippen LogP contribution in [-0.2, 0) is 14.8 Å². The van der Waals surface area contributed by atoms with Crippen molar-refractivity contribution in [3.05, 3.63) is 35.6 Å². The normalized spacial score (nSPS) is 25.5. The molecule has 1 saturated carbocycles. The first-order chi connectivity index (χ1) is 15.8. The van der Waals surface area contributed by atoms with Crippen molar-refractivity contribution >= 4 is 28.1 Å². The minimum Gasteiger partial charge on any atom is -0.465 e. The van der Waals surface area contributed by atoms with E-state index in [2.05, 4.69) is 24.3 Å². The molecule has 180 valence electrons. The van der Waals surface area contributed by atoms with Gasteiger partial charge in [-0.05, 0) is 62.3 Å². The Morgan fingerprint density at radius 3 is 2.64 bits per heavy atom. The fourth-order valence-electron chi connectivity index (χ4n) is 4.92. The number of aryl methyl sites for hydroxylation is 1. The van der Waals surface area contributed by atoms with Crippen molar-refractivity contribution in [2.24, 2.45) is 17.8 Å². The molecule has 9 heteroatoms. The highest BCUT2D eigenvalue weighted by molar-refractivity contribution is 7.89. The second kappa shape index (κ2) is 9.85. The zero-order chi connectivity index (χ0) is 23.6. The van der Waals surface area contributed by atoms with Crippen molar-refractivity contribution < 1.29 is 22.2 Å². The lowest BCUT2D eigenvalue weighted by molar-refractivity contribution is -0.127. The summed E-state index contributed by atoms with van der Waals surface area (Å²) in [5, 5.41) is 7.12. The number of hydrogen-bond donors (Lipinski definition) is 1. The Bertz CT molecular complexity index is 1080. The highest BCUT2D eigenvalue weighted by Gasteiger charge is 2.37. The van der Waals surface area contributed by atoms with Crippen molar-refractivity contribution in [3.63, 3.8) is 0 Å². The van der Waals surface area contributed by atoms with E-state index in [4.69, 9.17) is 8.94 Å². The Morgan fingerprint density at radius 1 is 1.18 bits per heavy atom. The number of sulfonamides is 1. The third-order valence-electron chi connectivity index (χ3n) is 7.23. The van der Waals surface area contributed by atoms with Gasteiger partial charge < -0.3 is 14.3 Å². The van der Waals surface area contributed by atoms with Gasteiger partial charge in [-0.2, -0.15) is 4.31 Å². The van der Waals surface area contributed by atoms with Crippen molar-refractivity contribution in [1.29, 1.82) is 0 Å². The number of rotatable bonds is 6. The maximum Gasteiger partial charge on any atom is 0.248 e. The van der Waals surface area contributed by atoms with E-state index >= 15 is 0 Å². The Kier molecular flexibility index (Phi) is 7.09. The first kappa shape index (κ1) is 23.8. The average molecular weight is 476 g/mol. The monoisotopic (exact) mass is 475 g/mol. The molecule has 8 nitrogen and oxygen atoms in total. The van der Waals surface area contributed by atoms with Gasteiger partial charge in [0.2, 0.25) is 15.9 Å². The van der Waals surface area contributed by atoms with E-state index in [0.717, 1.165) is 12.8 Å². The number of amides is 1. The molecule has 1 saturated heterocycles. The molecular formula is C24H33N3O5S. The van der Waals surface area contributed by atoms with Gasteiger partial charge in [-0.1, -0.05) is 31.8 Å². The molecule has 1 N–H and O–H groups in total. The van der Waals surface area contributed by atoms with Gasteiger partial charge in [-0.15, -0.1) is 0 Å². The molecule has 2 aromatic heterocycles. The van der Waals surface area contributed by atoms with Crippen LogP contribution in [0.4, 0.5) is 0 Å². The molecule has 2 aromatic rings. The molecule has 0 bridgehead atoms. The number of carbonyl (C=O) groups excluding carboxylic acids is 1. The van der Waals surface area contributed by atoms with Crippen molar-refractivity contribution in [2.75, 3.05) is 13.1 Å². The zero-order valence-electron chi connectivity index (χ0n) is 19.5. The van der Waals surface area contributed by atoms with Gasteiger partial charge in [0, 0.05) is 25.0 Å². The van der Waals surface area contributed by atoms with Gasteiger partial charge >= 0.3 is 0 Å². The maximum atomic E-state index is 13.4. The molecule has 4 rings (SSSR count). The molecule has 0 radical (unpaired) electrons. The summed E-state index contributed by atoms with van der Waals surface area (Å²) in [6.45, 7) is 6.67. The smallest absolute Gasteiger partial charge is 0.248 e. The molecule has 3 heterocycles. The highest BCUT2D eigenvalue weighted by atomic mass is 32.2. The van der Waals surface area contributed by atoms with Crippen LogP contribution in [0, 0.1) is 24.7 Å². The standard InChI is InChI=1S/C24H33N3O5S/c1-16-6-4-8-21(17(16)2)25-24(28)19-11-13-27(14-12-19)33(29,30)23-18(3)26-32-22(23)10-9-20-7-5-15-31-20/h5,7,9-10,15-17,19,21H,4,6,8,11-14H2,1-3H3,(H,25,28)/b10-9+/t16-,17-,21+/m0/s1. The lowest BCUT2D eigenvalue weighted by Gasteiger charge is -2.36. The van der Waals surface area contributed by atoms with Crippen LogP contribution in [0.3, 0.4) is 0 Å². The first-order valence-electron chi connectivity index (χ1n) is 11.8. The van der Waals surface area contributed by atoms with Crippen LogP contribution in [0.15, 0.2) is 32.2 Å². The molecule has 0 unspecified atom stereocenters. The summed E-state index contributed by atoms with van der Waals surface area (Å²) in [5.41, 5.74) is 0.314. The van der Waals surface area contributed by atoms with Crippen LogP contribution >= 0.6 is 0 Å². The Balaban J connectivity index is 1.40. The fourth-order valence-corrected chi connectivity index (χ4v) is 6.64. The van der Waals surface area contributed by atoms with Gasteiger partial charge in [-0.25, -0.2) is 8.42 Å². The van der Waals surface area contributed by atoms with E-state index in [1.165, 1.54) is 10.7 Å². The SMILES string of the molecule is Cc1noc(/C=C/c2ccco2)c1S(=O)(=O)N1CCC(C(=O)N[C@@H]2CCC[C@H](C)[C@@H]2C)CC1. The van der Waals surface area contributed by atoms with Gasteiger partial charge in [0.1, 0.15) is 11.5 Å². The predicted octanol–water partition coefficient (Wildman–Crippen LogP) is 4.09. The number of carbonyl (C=O) groups is 1. The van der Waals surface area contributed by atoms with Crippen molar-refractivity contribution in [3.8, 4) is 0 Å². The summed E-state index contributed by atoms with van der Waals surface area (Å²) < 4.78 is 38.8. The molecule has 2 fully saturated rings. The average Bonchev–Trinajstić information content (AvgIpc) is 3.45. The third kappa shape index (κ3) is 5.09. The molecule has 3 atom stereocenters. The lowest BCUT2D eigenvalue weighted by Crippen LogP contribution is -2.48. The van der Waals surface area contributed by atoms with Crippen LogP contribution in [0.1, 0.15) is 63.2 Å². The second-order valence-electron chi connectivity index (χ2n) is 9.37. The predicted molar refractivity (Wildman–Crippen MR) is 124 cm³/mol. The molecule has 0 aromatic carbocycles. The van der Waals surface area contributed by atoms with E-state index in [0.29, 0.717) is 49.2 Å². The van der Waals surface area contributed by atoms with Gasteiger partial charge in [0.25, 0.3) is 0 Å². The van der Waals surface area contributed by atoms with Crippen molar-refractivity contribution in [2.45, 2.75) is 63.8 Å². The lowest BCUT2D eigenvalue weighted by atomic mass is 9.78. The quantitative estimate of drug-likeness (QED) is 0.675. The molecule has 1 aliphatic heterocycles. The number of aromatic nitrogens is 1. The fraction of sp³-hybridized carbons (Fsp3) is 0.583. The largest absolute Gasteiger partial charge is 0.465 e. The summed E-state index contributed by atoms with van der Waals surface area (Å²) in [7, 11) is -3.80. The highest BCUT2D eigenvalue weighted by Crippen LogP contribution is 2.32. The minimum absolute atomic E-state index is 0.0567. The van der Waals surface area contributed by atoms with Crippen LogP contribution < -0.4 is 5.32 Å². The van der Waals surface area contributed by atoms with Crippen molar-refractivity contribution in [1.82, 2.24) is 14.8 Å². The first-order valence-corrected chi connectivity index (χ1v) is 13.2. The van der Waals surface area contributed by atoms with Crippen LogP contribution in [-0.4, -0.2) is 42.9 Å². The van der Waals surface area contributed by atoms with E-state index in [-0.39, 0.29) is 28.5 Å². The van der Waals surface area contributed by atoms with Crippen LogP contribution in [0.25, 0.3) is 12.2 Å². The molecular weight excluding hydrogens is 442 g/mol. The Morgan fingerprint density at radius 2 is 1.94 bits per heavy atom. The summed E-state index contributed by atoms with van der Waals surface area (Å²) in [4.78, 5) is 13.0. The zero-order valence-corrected chi connectivity index (χ0v) is 20.3. The van der Waals surface area contributed by atoms with E-state index in [1.54, 1.807) is 37.5 Å². The Hall–Kier alpha value is -2.39. The summed E-state index contributed by atoms with van der Waals surface area (Å²) in [5.74, 6) is 1.72. The molecule has 33 heavy (non-hydrogen) atoms. The molecule has 2 aliphatic rings. The molecule has 1 aliphatic carbocycles. The van der Waals surface area contributed by atoms with E-state index in [1.807, 2.05) is 0 Å². The topological polar surface area (TPSA) is 106 Å². The number of furan rings is 1. The van der Waals surface area contributed by atoms with E-state index in [9.17, 15) is 13.2 Å². The Labute approximate surface area is 195 Å². The number of nitrogens with zero attached hydrogens (tertiary/aromatic N) is 2. The maximum absolute atomic E-state index is 13.4. The number of hydrogen-bond acceptors (Lipinski definition) is 6. The van der Waals surface area contributed by atoms with E-state index < -0.39 is 10.0 Å². The molecule has 1 amide bonds. The summed E-state index contributed by atoms with van der Waals surface area (Å²) in [6.07, 6.45) is 9.12. The van der Waals surface area contributed by atoms with Crippen LogP contribution in [0.2, 0.25) is 0 Å². The number of piperidine rings is 1. The van der Waals surface area contributed by atoms with Gasteiger partial charge in [0.15, 0.2) is 10.7 Å². The summed E-state index contributed by atoms with van der Waals surface area (Å²) >= 11 is 0. The van der Waals surface area contributed by atoms with Gasteiger partial charge in [-0.3, -0.25) is 4.79 Å². The summed E-state index contributed by atoms with van der Waals surface area (Å²) in [6, 6.07) is 3.73. The molecule has 0 spiro atoms. The van der Waals surface area contributed by atoms with Gasteiger partial charge in [0.05, 0.1) is 6.26 Å². The third-order valence-corrected chi connectivity index (χ3v) is 9.29.